The van der Waals surface area contributed by atoms with Crippen LogP contribution in [0.25, 0.3) is 0 Å². The van der Waals surface area contributed by atoms with E-state index >= 15 is 0 Å². The molecule has 0 spiro atoms. The van der Waals surface area contributed by atoms with Crippen LogP contribution in [-0.2, 0) is 0 Å². The largest absolute Gasteiger partial charge is 0.355 e. The van der Waals surface area contributed by atoms with Crippen LogP contribution in [0.2, 0.25) is 0 Å². The molecule has 0 atom stereocenters. The van der Waals surface area contributed by atoms with E-state index in [0.717, 1.165) is 41.8 Å². The number of benzene rings is 1. The molecule has 120 valence electrons. The lowest BCUT2D eigenvalue weighted by Gasteiger charge is -2.20. The van der Waals surface area contributed by atoms with Gasteiger partial charge in [0.15, 0.2) is 0 Å². The minimum absolute atomic E-state index is 0.0337. The van der Waals surface area contributed by atoms with E-state index in [9.17, 15) is 4.79 Å². The molecule has 23 heavy (non-hydrogen) atoms. The molecule has 0 radical (unpaired) electrons. The highest BCUT2D eigenvalue weighted by Gasteiger charge is 2.18. The number of nitrogens with one attached hydrogen (secondary N) is 1. The van der Waals surface area contributed by atoms with Crippen molar-refractivity contribution >= 4 is 33.2 Å². The Kier molecular flexibility index (Phi) is 5.28. The zero-order chi connectivity index (χ0) is 16.1. The van der Waals surface area contributed by atoms with Gasteiger partial charge in [-0.1, -0.05) is 28.8 Å². The summed E-state index contributed by atoms with van der Waals surface area (Å²) in [5, 5.41) is 3.31. The number of hydrogen-bond acceptors (Lipinski definition) is 3. The van der Waals surface area contributed by atoms with Crippen molar-refractivity contribution in [2.45, 2.75) is 25.7 Å². The maximum Gasteiger partial charge on any atom is 0.272 e. The molecule has 2 heterocycles. The molecule has 3 rings (SSSR count). The van der Waals surface area contributed by atoms with Gasteiger partial charge in [0, 0.05) is 35.1 Å². The van der Waals surface area contributed by atoms with Crippen LogP contribution in [0, 0.1) is 0 Å². The molecule has 0 saturated carbocycles. The number of carbonyl (C=O) groups is 1. The summed E-state index contributed by atoms with van der Waals surface area (Å²) in [5.74, 6) is 0.0337. The lowest BCUT2D eigenvalue weighted by atomic mass is 10.2. The number of halogens is 1. The van der Waals surface area contributed by atoms with Crippen molar-refractivity contribution in [1.29, 1.82) is 0 Å². The molecule has 1 fully saturated rings. The summed E-state index contributed by atoms with van der Waals surface area (Å²) in [6.07, 6.45) is 6.28. The monoisotopic (exact) mass is 373 g/mol. The molecule has 1 saturated heterocycles. The van der Waals surface area contributed by atoms with Gasteiger partial charge in [-0.3, -0.25) is 9.78 Å². The number of anilines is 2. The lowest BCUT2D eigenvalue weighted by molar-refractivity contribution is 0.0756. The summed E-state index contributed by atoms with van der Waals surface area (Å²) in [7, 11) is 0. The van der Waals surface area contributed by atoms with E-state index in [2.05, 4.69) is 26.2 Å². The van der Waals surface area contributed by atoms with E-state index in [4.69, 9.17) is 0 Å². The Morgan fingerprint density at radius 1 is 1.00 bits per heavy atom. The Morgan fingerprint density at radius 2 is 1.70 bits per heavy atom. The first-order valence-corrected chi connectivity index (χ1v) is 8.79. The molecule has 0 bridgehead atoms. The Bertz CT molecular complexity index is 664. The van der Waals surface area contributed by atoms with Gasteiger partial charge >= 0.3 is 0 Å². The molecule has 0 unspecified atom stereocenters. The second kappa shape index (κ2) is 7.59. The summed E-state index contributed by atoms with van der Waals surface area (Å²) in [4.78, 5) is 18.8. The first-order valence-electron chi connectivity index (χ1n) is 8.00. The van der Waals surface area contributed by atoms with Gasteiger partial charge in [-0.15, -0.1) is 0 Å². The maximum absolute atomic E-state index is 12.6. The van der Waals surface area contributed by atoms with Crippen LogP contribution in [0.3, 0.4) is 0 Å². The summed E-state index contributed by atoms with van der Waals surface area (Å²) >= 11 is 3.42. The van der Waals surface area contributed by atoms with Crippen molar-refractivity contribution in [1.82, 2.24) is 9.88 Å². The van der Waals surface area contributed by atoms with Crippen molar-refractivity contribution in [2.75, 3.05) is 18.4 Å². The number of rotatable bonds is 3. The fourth-order valence-corrected chi connectivity index (χ4v) is 3.03. The molecule has 1 aromatic carbocycles. The van der Waals surface area contributed by atoms with E-state index in [1.807, 2.05) is 41.3 Å². The normalized spacial score (nSPS) is 15.1. The van der Waals surface area contributed by atoms with Gasteiger partial charge in [0.05, 0.1) is 0 Å². The highest BCUT2D eigenvalue weighted by atomic mass is 79.9. The number of carbonyl (C=O) groups excluding carboxylic acids is 1. The van der Waals surface area contributed by atoms with E-state index in [1.54, 1.807) is 6.20 Å². The average Bonchev–Trinajstić information content (AvgIpc) is 2.86. The van der Waals surface area contributed by atoms with Gasteiger partial charge in [0.1, 0.15) is 5.69 Å². The third-order valence-electron chi connectivity index (χ3n) is 4.01. The van der Waals surface area contributed by atoms with Gasteiger partial charge < -0.3 is 10.2 Å². The van der Waals surface area contributed by atoms with Crippen molar-refractivity contribution in [3.63, 3.8) is 0 Å². The minimum Gasteiger partial charge on any atom is -0.355 e. The van der Waals surface area contributed by atoms with Crippen molar-refractivity contribution in [2.24, 2.45) is 0 Å². The average molecular weight is 374 g/mol. The third kappa shape index (κ3) is 4.32. The van der Waals surface area contributed by atoms with E-state index in [-0.39, 0.29) is 5.91 Å². The Balaban J connectivity index is 1.73. The molecule has 2 aromatic rings. The van der Waals surface area contributed by atoms with Crippen LogP contribution >= 0.6 is 15.9 Å². The minimum atomic E-state index is 0.0337. The number of hydrogen-bond donors (Lipinski definition) is 1. The molecular weight excluding hydrogens is 354 g/mol. The standard InChI is InChI=1S/C18H20BrN3O/c19-14-5-7-15(8-6-14)21-16-9-10-20-17(13-16)18(23)22-11-3-1-2-4-12-22/h5-10,13H,1-4,11-12H2,(H,20,21). The lowest BCUT2D eigenvalue weighted by Crippen LogP contribution is -2.32. The summed E-state index contributed by atoms with van der Waals surface area (Å²) in [6, 6.07) is 11.6. The van der Waals surface area contributed by atoms with Gasteiger partial charge in [-0.2, -0.15) is 0 Å². The zero-order valence-electron chi connectivity index (χ0n) is 13.0. The SMILES string of the molecule is O=C(c1cc(Nc2ccc(Br)cc2)ccn1)N1CCCCCC1. The van der Waals surface area contributed by atoms with E-state index in [0.29, 0.717) is 5.69 Å². The number of aromatic nitrogens is 1. The number of amides is 1. The van der Waals surface area contributed by atoms with Gasteiger partial charge in [-0.25, -0.2) is 0 Å². The topological polar surface area (TPSA) is 45.2 Å². The molecule has 1 amide bonds. The van der Waals surface area contributed by atoms with E-state index in [1.165, 1.54) is 12.8 Å². The van der Waals surface area contributed by atoms with Crippen molar-refractivity contribution in [3.05, 3.63) is 52.8 Å². The van der Waals surface area contributed by atoms with Gasteiger partial charge in [0.25, 0.3) is 5.91 Å². The summed E-state index contributed by atoms with van der Waals surface area (Å²) in [6.45, 7) is 1.68. The second-order valence-electron chi connectivity index (χ2n) is 5.77. The molecule has 1 aliphatic rings. The predicted molar refractivity (Wildman–Crippen MR) is 96.0 cm³/mol. The Morgan fingerprint density at radius 3 is 2.39 bits per heavy atom. The van der Waals surface area contributed by atoms with Gasteiger partial charge in [-0.05, 0) is 49.2 Å². The highest BCUT2D eigenvalue weighted by Crippen LogP contribution is 2.20. The molecule has 1 aliphatic heterocycles. The summed E-state index contributed by atoms with van der Waals surface area (Å²) in [5.41, 5.74) is 2.36. The van der Waals surface area contributed by atoms with Crippen LogP contribution in [0.15, 0.2) is 47.1 Å². The first kappa shape index (κ1) is 16.0. The van der Waals surface area contributed by atoms with Crippen LogP contribution in [-0.4, -0.2) is 28.9 Å². The highest BCUT2D eigenvalue weighted by molar-refractivity contribution is 9.10. The Hall–Kier alpha value is -1.88. The van der Waals surface area contributed by atoms with Crippen molar-refractivity contribution in [3.8, 4) is 0 Å². The third-order valence-corrected chi connectivity index (χ3v) is 4.53. The second-order valence-corrected chi connectivity index (χ2v) is 6.68. The molecule has 4 nitrogen and oxygen atoms in total. The molecule has 1 aromatic heterocycles. The Labute approximate surface area is 145 Å². The number of likely N-dealkylation sites (tertiary alicyclic amines) is 1. The van der Waals surface area contributed by atoms with Crippen molar-refractivity contribution < 1.29 is 4.79 Å². The maximum atomic E-state index is 12.6. The predicted octanol–water partition coefficient (Wildman–Crippen LogP) is 4.60. The number of pyridine rings is 1. The van der Waals surface area contributed by atoms with Crippen LogP contribution < -0.4 is 5.32 Å². The fraction of sp³-hybridized carbons (Fsp3) is 0.333. The summed E-state index contributed by atoms with van der Waals surface area (Å²) < 4.78 is 1.04. The van der Waals surface area contributed by atoms with Crippen LogP contribution in [0.1, 0.15) is 36.2 Å². The van der Waals surface area contributed by atoms with E-state index < -0.39 is 0 Å². The quantitative estimate of drug-likeness (QED) is 0.854. The zero-order valence-corrected chi connectivity index (χ0v) is 14.6. The number of nitrogens with zero attached hydrogens (tertiary/aromatic N) is 2. The molecule has 1 N–H and O–H groups in total. The van der Waals surface area contributed by atoms with Gasteiger partial charge in [0.2, 0.25) is 0 Å². The smallest absolute Gasteiger partial charge is 0.272 e. The van der Waals surface area contributed by atoms with Crippen LogP contribution in [0.4, 0.5) is 11.4 Å². The van der Waals surface area contributed by atoms with Crippen LogP contribution in [0.5, 0.6) is 0 Å². The molecular formula is C18H20BrN3O. The molecule has 5 heteroatoms. The fourth-order valence-electron chi connectivity index (χ4n) is 2.76. The first-order chi connectivity index (χ1) is 11.2. The molecule has 0 aliphatic carbocycles.